The molecule has 146 valence electrons. The van der Waals surface area contributed by atoms with Gasteiger partial charge in [0.2, 0.25) is 0 Å². The number of rotatable bonds is 12. The lowest BCUT2D eigenvalue weighted by atomic mass is 9.94. The van der Waals surface area contributed by atoms with Crippen LogP contribution in [0.15, 0.2) is 47.9 Å². The van der Waals surface area contributed by atoms with E-state index in [1.54, 1.807) is 0 Å². The van der Waals surface area contributed by atoms with Crippen molar-refractivity contribution in [2.45, 2.75) is 45.8 Å². The Morgan fingerprint density at radius 2 is 1.62 bits per heavy atom. The molecule has 0 amide bonds. The van der Waals surface area contributed by atoms with E-state index in [-0.39, 0.29) is 0 Å². The number of likely N-dealkylation sites (N-methyl/N-ethyl adjacent to an activating group) is 2. The second-order valence-corrected chi connectivity index (χ2v) is 7.98. The molecule has 0 spiro atoms. The topological polar surface area (TPSA) is 31.5 Å². The number of allylic oxidation sites excluding steroid dienone is 5. The summed E-state index contributed by atoms with van der Waals surface area (Å²) in [5.41, 5.74) is 4.75. The monoisotopic (exact) mass is 360 g/mol. The molecule has 2 fully saturated rings. The average molecular weight is 361 g/mol. The first-order chi connectivity index (χ1) is 12.3. The van der Waals surface area contributed by atoms with Gasteiger partial charge in [-0.2, -0.15) is 0 Å². The van der Waals surface area contributed by atoms with Crippen molar-refractivity contribution in [1.29, 1.82) is 0 Å². The minimum absolute atomic E-state index is 0.383. The molecule has 0 aromatic heterocycles. The Labute approximate surface area is 159 Å². The van der Waals surface area contributed by atoms with Crippen LogP contribution < -0.4 is 0 Å². The largest absolute Gasteiger partial charge is 0.376 e. The predicted octanol–water partition coefficient (Wildman–Crippen LogP) is 3.98. The molecule has 2 aliphatic rings. The molecular weight excluding hydrogens is 324 g/mol. The standard InChI is InChI=1S/C22H36N2O2/c1-16(8-9-19(4)23(6)12-21-14-25-21)10-17(2)18(3)11-20(5)24(7)13-22-15-26-22/h9,11,16,21-22H,2,5,8,10,12-15H2,1,3-4,6-7H3/b18-11-,19-9+. The predicted molar refractivity (Wildman–Crippen MR) is 109 cm³/mol. The molecular formula is C22H36N2O2. The van der Waals surface area contributed by atoms with Crippen molar-refractivity contribution < 1.29 is 9.47 Å². The van der Waals surface area contributed by atoms with Crippen LogP contribution in [0.3, 0.4) is 0 Å². The molecule has 4 heteroatoms. The van der Waals surface area contributed by atoms with Crippen molar-refractivity contribution in [3.63, 3.8) is 0 Å². The lowest BCUT2D eigenvalue weighted by molar-refractivity contribution is 0.327. The summed E-state index contributed by atoms with van der Waals surface area (Å²) in [7, 11) is 4.20. The van der Waals surface area contributed by atoms with Crippen LogP contribution in [-0.4, -0.2) is 62.4 Å². The average Bonchev–Trinajstić information content (AvgIpc) is 3.48. The third kappa shape index (κ3) is 7.38. The van der Waals surface area contributed by atoms with E-state index in [0.717, 1.165) is 44.8 Å². The summed E-state index contributed by atoms with van der Waals surface area (Å²) in [5, 5.41) is 0. The maximum atomic E-state index is 5.30. The molecule has 2 saturated heterocycles. The smallest absolute Gasteiger partial charge is 0.0984 e. The van der Waals surface area contributed by atoms with Crippen LogP contribution in [0, 0.1) is 5.92 Å². The van der Waals surface area contributed by atoms with Crippen LogP contribution in [0.25, 0.3) is 0 Å². The van der Waals surface area contributed by atoms with E-state index >= 15 is 0 Å². The fourth-order valence-corrected chi connectivity index (χ4v) is 2.87. The first-order valence-corrected chi connectivity index (χ1v) is 9.63. The second kappa shape index (κ2) is 9.43. The van der Waals surface area contributed by atoms with Crippen molar-refractivity contribution in [3.8, 4) is 0 Å². The lowest BCUT2D eigenvalue weighted by Crippen LogP contribution is -2.21. The van der Waals surface area contributed by atoms with Gasteiger partial charge in [0.15, 0.2) is 0 Å². The molecule has 4 nitrogen and oxygen atoms in total. The SMILES string of the molecule is C=C(CC(C)C/C=C(\C)N(C)CC1CO1)/C(C)=C\C(=C)N(C)CC1CO1. The Morgan fingerprint density at radius 1 is 1.08 bits per heavy atom. The van der Waals surface area contributed by atoms with Gasteiger partial charge in [-0.15, -0.1) is 0 Å². The molecule has 26 heavy (non-hydrogen) atoms. The zero-order chi connectivity index (χ0) is 19.3. The fourth-order valence-electron chi connectivity index (χ4n) is 2.87. The Morgan fingerprint density at radius 3 is 2.15 bits per heavy atom. The number of hydrogen-bond donors (Lipinski definition) is 0. The molecule has 3 unspecified atom stereocenters. The molecule has 0 aromatic carbocycles. The minimum atomic E-state index is 0.383. The van der Waals surface area contributed by atoms with E-state index in [1.165, 1.54) is 16.8 Å². The third-order valence-corrected chi connectivity index (χ3v) is 5.20. The van der Waals surface area contributed by atoms with Crippen molar-refractivity contribution in [1.82, 2.24) is 9.80 Å². The summed E-state index contributed by atoms with van der Waals surface area (Å²) in [6.45, 7) is 18.8. The summed E-state index contributed by atoms with van der Waals surface area (Å²) < 4.78 is 10.6. The zero-order valence-corrected chi connectivity index (χ0v) is 17.3. The summed E-state index contributed by atoms with van der Waals surface area (Å²) >= 11 is 0. The maximum Gasteiger partial charge on any atom is 0.0984 e. The molecule has 3 atom stereocenters. The Kier molecular flexibility index (Phi) is 7.54. The molecule has 0 aliphatic carbocycles. The molecule has 0 radical (unpaired) electrons. The van der Waals surface area contributed by atoms with E-state index in [9.17, 15) is 0 Å². The van der Waals surface area contributed by atoms with Crippen LogP contribution >= 0.6 is 0 Å². The molecule has 2 heterocycles. The second-order valence-electron chi connectivity index (χ2n) is 7.98. The molecule has 2 aliphatic heterocycles. The Balaban J connectivity index is 1.75. The third-order valence-electron chi connectivity index (χ3n) is 5.20. The quantitative estimate of drug-likeness (QED) is 0.389. The van der Waals surface area contributed by atoms with Gasteiger partial charge in [0, 0.05) is 38.6 Å². The minimum Gasteiger partial charge on any atom is -0.376 e. The zero-order valence-electron chi connectivity index (χ0n) is 17.3. The van der Waals surface area contributed by atoms with Crippen molar-refractivity contribution in [3.05, 3.63) is 47.9 Å². The van der Waals surface area contributed by atoms with E-state index in [4.69, 9.17) is 9.47 Å². The molecule has 0 bridgehead atoms. The van der Waals surface area contributed by atoms with E-state index in [1.807, 2.05) is 0 Å². The molecule has 0 aromatic rings. The van der Waals surface area contributed by atoms with E-state index < -0.39 is 0 Å². The van der Waals surface area contributed by atoms with Gasteiger partial charge in [0.25, 0.3) is 0 Å². The maximum absolute atomic E-state index is 5.30. The van der Waals surface area contributed by atoms with Gasteiger partial charge in [-0.3, -0.25) is 0 Å². The molecule has 2 rings (SSSR count). The Bertz CT molecular complexity index is 571. The van der Waals surface area contributed by atoms with Crippen molar-refractivity contribution in [2.75, 3.05) is 40.4 Å². The molecule has 0 saturated carbocycles. The highest BCUT2D eigenvalue weighted by molar-refractivity contribution is 5.32. The summed E-state index contributed by atoms with van der Waals surface area (Å²) in [5.74, 6) is 0.567. The van der Waals surface area contributed by atoms with Gasteiger partial charge in [-0.1, -0.05) is 31.7 Å². The fraction of sp³-hybridized carbons (Fsp3) is 0.636. The van der Waals surface area contributed by atoms with Crippen LogP contribution in [0.2, 0.25) is 0 Å². The van der Waals surface area contributed by atoms with Crippen LogP contribution in [0.1, 0.15) is 33.6 Å². The van der Waals surface area contributed by atoms with E-state index in [0.29, 0.717) is 18.1 Å². The number of ether oxygens (including phenoxy) is 2. The van der Waals surface area contributed by atoms with E-state index in [2.05, 4.69) is 70.0 Å². The summed E-state index contributed by atoms with van der Waals surface area (Å²) in [4.78, 5) is 4.44. The van der Waals surface area contributed by atoms with Crippen LogP contribution in [0.5, 0.6) is 0 Å². The van der Waals surface area contributed by atoms with Gasteiger partial charge in [-0.25, -0.2) is 0 Å². The first-order valence-electron chi connectivity index (χ1n) is 9.63. The van der Waals surface area contributed by atoms with Gasteiger partial charge in [0.05, 0.1) is 25.4 Å². The first kappa shape index (κ1) is 20.8. The number of epoxide rings is 2. The van der Waals surface area contributed by atoms with Crippen molar-refractivity contribution >= 4 is 0 Å². The Hall–Kier alpha value is -1.52. The van der Waals surface area contributed by atoms with Crippen LogP contribution in [-0.2, 0) is 9.47 Å². The van der Waals surface area contributed by atoms with Gasteiger partial charge in [0.1, 0.15) is 0 Å². The normalized spacial score (nSPS) is 23.4. The lowest BCUT2D eigenvalue weighted by Gasteiger charge is -2.21. The van der Waals surface area contributed by atoms with Gasteiger partial charge in [-0.05, 0) is 44.3 Å². The molecule has 0 N–H and O–H groups in total. The van der Waals surface area contributed by atoms with Gasteiger partial charge >= 0.3 is 0 Å². The van der Waals surface area contributed by atoms with Crippen LogP contribution in [0.4, 0.5) is 0 Å². The van der Waals surface area contributed by atoms with Crippen molar-refractivity contribution in [2.24, 2.45) is 5.92 Å². The summed E-state index contributed by atoms with van der Waals surface area (Å²) in [6.07, 6.45) is 7.36. The highest BCUT2D eigenvalue weighted by atomic mass is 16.6. The highest BCUT2D eigenvalue weighted by Gasteiger charge is 2.24. The summed E-state index contributed by atoms with van der Waals surface area (Å²) in [6, 6.07) is 0. The van der Waals surface area contributed by atoms with Gasteiger partial charge < -0.3 is 19.3 Å². The highest BCUT2D eigenvalue weighted by Crippen LogP contribution is 2.23. The number of hydrogen-bond acceptors (Lipinski definition) is 4. The number of nitrogens with zero attached hydrogens (tertiary/aromatic N) is 2.